The summed E-state index contributed by atoms with van der Waals surface area (Å²) >= 11 is 18.8. The van der Waals surface area contributed by atoms with Crippen molar-refractivity contribution in [2.45, 2.75) is 40.2 Å². The van der Waals surface area contributed by atoms with Gasteiger partial charge in [0.1, 0.15) is 5.69 Å². The molecule has 0 saturated heterocycles. The topological polar surface area (TPSA) is 56.2 Å². The van der Waals surface area contributed by atoms with E-state index < -0.39 is 0 Å². The van der Waals surface area contributed by atoms with Gasteiger partial charge in [-0.25, -0.2) is 0 Å². The van der Waals surface area contributed by atoms with Crippen molar-refractivity contribution in [1.82, 2.24) is 15.1 Å². The Morgan fingerprint density at radius 3 is 2.41 bits per heavy atom. The minimum atomic E-state index is -0.306. The Kier molecular flexibility index (Phi) is 7.83. The summed E-state index contributed by atoms with van der Waals surface area (Å²) in [5.41, 5.74) is 1.79. The summed E-state index contributed by atoms with van der Waals surface area (Å²) in [5, 5.41) is 8.29. The van der Waals surface area contributed by atoms with E-state index in [2.05, 4.69) is 24.3 Å². The van der Waals surface area contributed by atoms with Gasteiger partial charge in [-0.1, -0.05) is 55.6 Å². The lowest BCUT2D eigenvalue weighted by atomic mass is 10.1. The summed E-state index contributed by atoms with van der Waals surface area (Å²) in [6, 6.07) is 3.47. The molecule has 8 heteroatoms. The Hall–Kier alpha value is -1.43. The van der Waals surface area contributed by atoms with Crippen LogP contribution in [0.15, 0.2) is 12.1 Å². The lowest BCUT2D eigenvalue weighted by Gasteiger charge is -2.13. The zero-order chi connectivity index (χ0) is 20.1. The molecule has 1 N–H and O–H groups in total. The van der Waals surface area contributed by atoms with Crippen LogP contribution in [0.4, 0.5) is 0 Å². The number of carbonyl (C=O) groups is 1. The highest BCUT2D eigenvalue weighted by molar-refractivity contribution is 6.37. The van der Waals surface area contributed by atoms with Crippen molar-refractivity contribution in [2.24, 2.45) is 13.0 Å². The molecule has 0 radical (unpaired) electrons. The van der Waals surface area contributed by atoms with Crippen molar-refractivity contribution in [2.75, 3.05) is 6.61 Å². The zero-order valence-electron chi connectivity index (χ0n) is 15.9. The molecular formula is C19H24Cl3N3O2. The van der Waals surface area contributed by atoms with Crippen molar-refractivity contribution in [3.63, 3.8) is 0 Å². The Balaban J connectivity index is 2.06. The number of aromatic nitrogens is 2. The van der Waals surface area contributed by atoms with E-state index in [1.54, 1.807) is 19.2 Å². The molecule has 0 saturated carbocycles. The molecule has 0 aliphatic carbocycles. The highest BCUT2D eigenvalue weighted by Crippen LogP contribution is 2.34. The normalized spacial score (nSPS) is 11.1. The summed E-state index contributed by atoms with van der Waals surface area (Å²) in [7, 11) is 1.69. The minimum Gasteiger partial charge on any atom is -0.490 e. The van der Waals surface area contributed by atoms with Crippen molar-refractivity contribution in [1.29, 1.82) is 0 Å². The molecule has 1 amide bonds. The largest absolute Gasteiger partial charge is 0.490 e. The molecule has 1 heterocycles. The van der Waals surface area contributed by atoms with Crippen LogP contribution in [0, 0.1) is 5.92 Å². The van der Waals surface area contributed by atoms with Gasteiger partial charge in [0.15, 0.2) is 5.75 Å². The number of ether oxygens (including phenoxy) is 1. The molecule has 0 aliphatic heterocycles. The van der Waals surface area contributed by atoms with E-state index in [1.165, 1.54) is 4.68 Å². The first-order valence-corrected chi connectivity index (χ1v) is 9.98. The lowest BCUT2D eigenvalue weighted by Crippen LogP contribution is -2.25. The molecule has 1 aromatic carbocycles. The van der Waals surface area contributed by atoms with Gasteiger partial charge in [0.2, 0.25) is 0 Å². The number of halogens is 3. The predicted molar refractivity (Wildman–Crippen MR) is 110 cm³/mol. The van der Waals surface area contributed by atoms with Gasteiger partial charge in [-0.05, 0) is 36.5 Å². The quantitative estimate of drug-likeness (QED) is 0.616. The average molecular weight is 433 g/mol. The maximum Gasteiger partial charge on any atom is 0.271 e. The fourth-order valence-electron chi connectivity index (χ4n) is 2.54. The summed E-state index contributed by atoms with van der Waals surface area (Å²) in [4.78, 5) is 12.5. The van der Waals surface area contributed by atoms with Crippen molar-refractivity contribution in [3.05, 3.63) is 44.2 Å². The van der Waals surface area contributed by atoms with Crippen LogP contribution >= 0.6 is 34.8 Å². The second kappa shape index (κ2) is 9.67. The van der Waals surface area contributed by atoms with Crippen LogP contribution in [0.2, 0.25) is 15.1 Å². The molecule has 0 atom stereocenters. The molecule has 2 rings (SSSR count). The summed E-state index contributed by atoms with van der Waals surface area (Å²) in [6.45, 7) is 6.98. The Labute approximate surface area is 174 Å². The molecule has 1 aromatic heterocycles. The maximum atomic E-state index is 12.5. The van der Waals surface area contributed by atoms with E-state index in [1.807, 2.05) is 6.92 Å². The van der Waals surface area contributed by atoms with Crippen LogP contribution in [0.5, 0.6) is 5.75 Å². The van der Waals surface area contributed by atoms with E-state index in [9.17, 15) is 4.79 Å². The van der Waals surface area contributed by atoms with Gasteiger partial charge in [-0.3, -0.25) is 9.48 Å². The van der Waals surface area contributed by atoms with E-state index in [0.717, 1.165) is 12.0 Å². The van der Waals surface area contributed by atoms with Gasteiger partial charge in [0.25, 0.3) is 5.91 Å². The molecule has 148 valence electrons. The maximum absolute atomic E-state index is 12.5. The fraction of sp³-hybridized carbons (Fsp3) is 0.474. The average Bonchev–Trinajstić information content (AvgIpc) is 2.88. The van der Waals surface area contributed by atoms with E-state index in [0.29, 0.717) is 51.2 Å². The number of nitrogens with zero attached hydrogens (tertiary/aromatic N) is 2. The Bertz CT molecular complexity index is 796. The summed E-state index contributed by atoms with van der Waals surface area (Å²) in [6.07, 6.45) is 1.57. The first-order chi connectivity index (χ1) is 12.7. The van der Waals surface area contributed by atoms with Crippen LogP contribution in [0.25, 0.3) is 0 Å². The van der Waals surface area contributed by atoms with E-state index in [-0.39, 0.29) is 12.5 Å². The summed E-state index contributed by atoms with van der Waals surface area (Å²) in [5.74, 6) is 0.694. The van der Waals surface area contributed by atoms with Crippen molar-refractivity contribution >= 4 is 40.7 Å². The third-order valence-corrected chi connectivity index (χ3v) is 5.02. The van der Waals surface area contributed by atoms with Crippen LogP contribution in [-0.2, 0) is 20.0 Å². The molecule has 5 nitrogen and oxygen atoms in total. The smallest absolute Gasteiger partial charge is 0.271 e. The van der Waals surface area contributed by atoms with Crippen LogP contribution in [0.3, 0.4) is 0 Å². The van der Waals surface area contributed by atoms with Gasteiger partial charge in [0.05, 0.1) is 27.4 Å². The molecule has 0 aliphatic rings. The molecule has 0 spiro atoms. The number of hydrogen-bond donors (Lipinski definition) is 1. The highest BCUT2D eigenvalue weighted by atomic mass is 35.5. The molecule has 2 aromatic rings. The van der Waals surface area contributed by atoms with Crippen LogP contribution < -0.4 is 10.1 Å². The third-order valence-electron chi connectivity index (χ3n) is 4.06. The zero-order valence-corrected chi connectivity index (χ0v) is 18.2. The lowest BCUT2D eigenvalue weighted by molar-refractivity contribution is 0.0941. The van der Waals surface area contributed by atoms with Crippen LogP contribution in [0.1, 0.15) is 48.9 Å². The van der Waals surface area contributed by atoms with Crippen LogP contribution in [-0.4, -0.2) is 22.3 Å². The van der Waals surface area contributed by atoms with Gasteiger partial charge < -0.3 is 10.1 Å². The molecule has 27 heavy (non-hydrogen) atoms. The number of carbonyl (C=O) groups excluding carboxylic acids is 1. The van der Waals surface area contributed by atoms with E-state index >= 15 is 0 Å². The minimum absolute atomic E-state index is 0.257. The Morgan fingerprint density at radius 2 is 1.89 bits per heavy atom. The van der Waals surface area contributed by atoms with Crippen molar-refractivity contribution in [3.8, 4) is 5.75 Å². The monoisotopic (exact) mass is 431 g/mol. The summed E-state index contributed by atoms with van der Waals surface area (Å²) < 4.78 is 7.18. The first kappa shape index (κ1) is 21.9. The number of aryl methyl sites for hydroxylation is 2. The highest BCUT2D eigenvalue weighted by Gasteiger charge is 2.20. The molecule has 0 unspecified atom stereocenters. The Morgan fingerprint density at radius 1 is 1.26 bits per heavy atom. The molecule has 0 fully saturated rings. The van der Waals surface area contributed by atoms with Gasteiger partial charge >= 0.3 is 0 Å². The third kappa shape index (κ3) is 5.53. The number of rotatable bonds is 8. The fourth-order valence-corrected chi connectivity index (χ4v) is 3.56. The van der Waals surface area contributed by atoms with E-state index in [4.69, 9.17) is 39.5 Å². The number of amides is 1. The SMILES string of the molecule is CCc1nn(C)c(C(=O)NCc2cc(Cl)c(OCCC(C)C)c(Cl)c2)c1Cl. The number of nitrogens with one attached hydrogen (secondary N) is 1. The first-order valence-electron chi connectivity index (χ1n) is 8.84. The van der Waals surface area contributed by atoms with Gasteiger partial charge in [-0.2, -0.15) is 5.10 Å². The molecular weight excluding hydrogens is 409 g/mol. The second-order valence-electron chi connectivity index (χ2n) is 6.69. The van der Waals surface area contributed by atoms with Crippen molar-refractivity contribution < 1.29 is 9.53 Å². The second-order valence-corrected chi connectivity index (χ2v) is 7.88. The predicted octanol–water partition coefficient (Wildman–Crippen LogP) is 5.30. The van der Waals surface area contributed by atoms with Gasteiger partial charge in [-0.15, -0.1) is 0 Å². The standard InChI is InChI=1S/C19H24Cl3N3O2/c1-5-15-16(22)17(25(4)24-15)19(26)23-10-12-8-13(20)18(14(21)9-12)27-7-6-11(2)3/h8-9,11H,5-7,10H2,1-4H3,(H,23,26). The number of hydrogen-bond acceptors (Lipinski definition) is 3. The van der Waals surface area contributed by atoms with Gasteiger partial charge in [0, 0.05) is 13.6 Å². The molecule has 0 bridgehead atoms. The number of benzene rings is 1.